The van der Waals surface area contributed by atoms with Crippen LogP contribution in [-0.4, -0.2) is 22.9 Å². The zero-order valence-corrected chi connectivity index (χ0v) is 14.6. The molecule has 0 aliphatic heterocycles. The molecule has 0 spiro atoms. The maximum absolute atomic E-state index is 12.4. The quantitative estimate of drug-likeness (QED) is 0.416. The van der Waals surface area contributed by atoms with E-state index in [1.54, 1.807) is 25.1 Å². The molecule has 0 bridgehead atoms. The Morgan fingerprint density at radius 1 is 1.15 bits per heavy atom. The first-order valence-corrected chi connectivity index (χ1v) is 8.12. The molecule has 0 aliphatic carbocycles. The number of ether oxygens (including phenoxy) is 1. The summed E-state index contributed by atoms with van der Waals surface area (Å²) < 4.78 is 10.7. The third-order valence-electron chi connectivity index (χ3n) is 4.04. The van der Waals surface area contributed by atoms with E-state index in [1.807, 2.05) is 12.1 Å². The van der Waals surface area contributed by atoms with E-state index in [1.165, 1.54) is 25.1 Å². The van der Waals surface area contributed by atoms with E-state index in [4.69, 9.17) is 9.15 Å². The Hall–Kier alpha value is -3.68. The molecule has 1 N–H and O–H groups in total. The number of nitrogens with one attached hydrogen (secondary N) is 1. The van der Waals surface area contributed by atoms with Crippen LogP contribution in [0.3, 0.4) is 0 Å². The Balaban J connectivity index is 1.73. The number of fused-ring (bicyclic) bond motifs is 1. The van der Waals surface area contributed by atoms with Crippen molar-refractivity contribution in [3.05, 3.63) is 70.0 Å². The number of benzene rings is 2. The Kier molecular flexibility index (Phi) is 4.89. The second-order valence-corrected chi connectivity index (χ2v) is 5.86. The van der Waals surface area contributed by atoms with E-state index in [-0.39, 0.29) is 17.1 Å². The van der Waals surface area contributed by atoms with Gasteiger partial charge in [-0.25, -0.2) is 4.79 Å². The fourth-order valence-corrected chi connectivity index (χ4v) is 2.61. The lowest BCUT2D eigenvalue weighted by Crippen LogP contribution is -2.30. The second kappa shape index (κ2) is 7.28. The lowest BCUT2D eigenvalue weighted by Gasteiger charge is -2.13. The predicted octanol–water partition coefficient (Wildman–Crippen LogP) is 3.83. The number of aryl methyl sites for hydroxylation is 1. The highest BCUT2D eigenvalue weighted by Gasteiger charge is 2.25. The first-order chi connectivity index (χ1) is 12.9. The number of esters is 1. The molecule has 1 aromatic heterocycles. The molecule has 0 saturated carbocycles. The van der Waals surface area contributed by atoms with E-state index in [9.17, 15) is 19.7 Å². The number of carbonyl (C=O) groups is 2. The minimum absolute atomic E-state index is 0.0153. The van der Waals surface area contributed by atoms with Crippen LogP contribution in [0.15, 0.2) is 52.9 Å². The Morgan fingerprint density at radius 3 is 2.52 bits per heavy atom. The predicted molar refractivity (Wildman–Crippen MR) is 97.6 cm³/mol. The number of hydrogen-bond donors (Lipinski definition) is 1. The molecule has 0 aliphatic rings. The summed E-state index contributed by atoms with van der Waals surface area (Å²) in [4.78, 5) is 35.1. The average Bonchev–Trinajstić information content (AvgIpc) is 2.99. The Bertz CT molecular complexity index is 1040. The van der Waals surface area contributed by atoms with Crippen LogP contribution in [0.4, 0.5) is 11.4 Å². The SMILES string of the molecule is Cc1c(C(=O)O[C@@H](C)C(=O)Nc2ccccc2[N+](=O)[O-])oc2ccccc12. The molecule has 2 aromatic carbocycles. The number of nitro groups is 1. The Labute approximate surface area is 153 Å². The standard InChI is InChI=1S/C19H16N2O6/c1-11-13-7-3-6-10-16(13)27-17(11)19(23)26-12(2)18(22)20-14-8-4-5-9-15(14)21(24)25/h3-10,12H,1-2H3,(H,20,22)/t12-/m0/s1. The van der Waals surface area contributed by atoms with Gasteiger partial charge in [-0.2, -0.15) is 0 Å². The van der Waals surface area contributed by atoms with Crippen molar-refractivity contribution in [1.82, 2.24) is 0 Å². The van der Waals surface area contributed by atoms with Crippen molar-refractivity contribution >= 4 is 34.2 Å². The molecule has 3 rings (SSSR count). The molecule has 0 fully saturated rings. The summed E-state index contributed by atoms with van der Waals surface area (Å²) in [5, 5.41) is 14.2. The van der Waals surface area contributed by atoms with Gasteiger partial charge in [0.25, 0.3) is 11.6 Å². The van der Waals surface area contributed by atoms with Crippen LogP contribution in [0, 0.1) is 17.0 Å². The monoisotopic (exact) mass is 368 g/mol. The molecule has 3 aromatic rings. The fourth-order valence-electron chi connectivity index (χ4n) is 2.61. The summed E-state index contributed by atoms with van der Waals surface area (Å²) in [6.07, 6.45) is -1.18. The number of carbonyl (C=O) groups excluding carboxylic acids is 2. The maximum atomic E-state index is 12.4. The maximum Gasteiger partial charge on any atom is 0.375 e. The molecule has 0 saturated heterocycles. The summed E-state index contributed by atoms with van der Waals surface area (Å²) in [5.74, 6) is -1.46. The number of nitrogens with zero attached hydrogens (tertiary/aromatic N) is 1. The number of amides is 1. The largest absolute Gasteiger partial charge is 0.449 e. The van der Waals surface area contributed by atoms with Crippen LogP contribution in [0.25, 0.3) is 11.0 Å². The van der Waals surface area contributed by atoms with Gasteiger partial charge in [-0.1, -0.05) is 30.3 Å². The van der Waals surface area contributed by atoms with Gasteiger partial charge in [-0.15, -0.1) is 0 Å². The zero-order valence-electron chi connectivity index (χ0n) is 14.6. The average molecular weight is 368 g/mol. The number of furan rings is 1. The van der Waals surface area contributed by atoms with Crippen LogP contribution in [0.1, 0.15) is 23.0 Å². The van der Waals surface area contributed by atoms with Gasteiger partial charge in [0.2, 0.25) is 5.76 Å². The number of nitro benzene ring substituents is 1. The molecule has 1 heterocycles. The first-order valence-electron chi connectivity index (χ1n) is 8.12. The van der Waals surface area contributed by atoms with Crippen molar-refractivity contribution < 1.29 is 23.7 Å². The van der Waals surface area contributed by atoms with Gasteiger partial charge in [-0.3, -0.25) is 14.9 Å². The van der Waals surface area contributed by atoms with Crippen molar-refractivity contribution in [2.45, 2.75) is 20.0 Å². The van der Waals surface area contributed by atoms with Gasteiger partial charge >= 0.3 is 5.97 Å². The van der Waals surface area contributed by atoms with E-state index >= 15 is 0 Å². The molecule has 8 heteroatoms. The Morgan fingerprint density at radius 2 is 1.81 bits per heavy atom. The van der Waals surface area contributed by atoms with Crippen molar-refractivity contribution in [2.75, 3.05) is 5.32 Å². The molecule has 0 unspecified atom stereocenters. The third kappa shape index (κ3) is 3.64. The molecule has 8 nitrogen and oxygen atoms in total. The normalized spacial score (nSPS) is 11.8. The van der Waals surface area contributed by atoms with Crippen LogP contribution in [-0.2, 0) is 9.53 Å². The first kappa shape index (κ1) is 18.1. The lowest BCUT2D eigenvalue weighted by atomic mass is 10.1. The highest BCUT2D eigenvalue weighted by Crippen LogP contribution is 2.26. The van der Waals surface area contributed by atoms with Gasteiger partial charge in [0.1, 0.15) is 11.3 Å². The third-order valence-corrected chi connectivity index (χ3v) is 4.04. The van der Waals surface area contributed by atoms with Crippen molar-refractivity contribution in [3.8, 4) is 0 Å². The summed E-state index contributed by atoms with van der Waals surface area (Å²) in [6, 6.07) is 12.8. The van der Waals surface area contributed by atoms with Gasteiger partial charge in [0.15, 0.2) is 6.10 Å². The molecule has 138 valence electrons. The van der Waals surface area contributed by atoms with E-state index in [2.05, 4.69) is 5.32 Å². The minimum atomic E-state index is -1.18. The fraction of sp³-hybridized carbons (Fsp3) is 0.158. The molecular weight excluding hydrogens is 352 g/mol. The smallest absolute Gasteiger partial charge is 0.375 e. The lowest BCUT2D eigenvalue weighted by molar-refractivity contribution is -0.383. The summed E-state index contributed by atoms with van der Waals surface area (Å²) in [7, 11) is 0. The summed E-state index contributed by atoms with van der Waals surface area (Å²) >= 11 is 0. The molecular formula is C19H16N2O6. The van der Waals surface area contributed by atoms with Gasteiger partial charge < -0.3 is 14.5 Å². The van der Waals surface area contributed by atoms with Gasteiger partial charge in [0.05, 0.1) is 4.92 Å². The highest BCUT2D eigenvalue weighted by atomic mass is 16.6. The van der Waals surface area contributed by atoms with Crippen LogP contribution >= 0.6 is 0 Å². The van der Waals surface area contributed by atoms with E-state index < -0.39 is 22.9 Å². The van der Waals surface area contributed by atoms with Crippen molar-refractivity contribution in [2.24, 2.45) is 0 Å². The highest BCUT2D eigenvalue weighted by molar-refractivity contribution is 6.00. The number of para-hydroxylation sites is 3. The summed E-state index contributed by atoms with van der Waals surface area (Å²) in [5.41, 5.74) is 0.925. The topological polar surface area (TPSA) is 112 Å². The second-order valence-electron chi connectivity index (χ2n) is 5.86. The van der Waals surface area contributed by atoms with Crippen LogP contribution in [0.5, 0.6) is 0 Å². The van der Waals surface area contributed by atoms with E-state index in [0.717, 1.165) is 5.39 Å². The van der Waals surface area contributed by atoms with Gasteiger partial charge in [0, 0.05) is 17.0 Å². The van der Waals surface area contributed by atoms with Crippen LogP contribution in [0.2, 0.25) is 0 Å². The zero-order chi connectivity index (χ0) is 19.6. The van der Waals surface area contributed by atoms with Gasteiger partial charge in [-0.05, 0) is 26.0 Å². The number of rotatable bonds is 5. The number of anilines is 1. The molecule has 0 radical (unpaired) electrons. The minimum Gasteiger partial charge on any atom is -0.449 e. The summed E-state index contributed by atoms with van der Waals surface area (Å²) in [6.45, 7) is 3.10. The van der Waals surface area contributed by atoms with Crippen molar-refractivity contribution in [3.63, 3.8) is 0 Å². The van der Waals surface area contributed by atoms with Crippen molar-refractivity contribution in [1.29, 1.82) is 0 Å². The molecule has 27 heavy (non-hydrogen) atoms. The molecule has 1 amide bonds. The van der Waals surface area contributed by atoms with Crippen LogP contribution < -0.4 is 5.32 Å². The number of hydrogen-bond acceptors (Lipinski definition) is 6. The molecule has 1 atom stereocenters. The van der Waals surface area contributed by atoms with E-state index in [0.29, 0.717) is 11.1 Å².